The summed E-state index contributed by atoms with van der Waals surface area (Å²) in [5.74, 6) is -1.34. The van der Waals surface area contributed by atoms with Gasteiger partial charge in [-0.25, -0.2) is 4.39 Å². The van der Waals surface area contributed by atoms with E-state index in [-0.39, 0.29) is 13.0 Å². The van der Waals surface area contributed by atoms with Crippen molar-refractivity contribution in [3.63, 3.8) is 0 Å². The molecule has 0 saturated carbocycles. The van der Waals surface area contributed by atoms with E-state index in [0.29, 0.717) is 16.3 Å². The number of hydrogen-bond acceptors (Lipinski definition) is 2. The molecule has 0 spiro atoms. The zero-order valence-corrected chi connectivity index (χ0v) is 13.3. The van der Waals surface area contributed by atoms with E-state index >= 15 is 0 Å². The molecule has 0 aliphatic carbocycles. The lowest BCUT2D eigenvalue weighted by Crippen LogP contribution is -2.28. The average Bonchev–Trinajstić information content (AvgIpc) is 2.50. The summed E-state index contributed by atoms with van der Waals surface area (Å²) in [4.78, 5) is 23.5. The van der Waals surface area contributed by atoms with E-state index in [2.05, 4.69) is 10.6 Å². The molecule has 2 aromatic rings. The third kappa shape index (κ3) is 5.07. The summed E-state index contributed by atoms with van der Waals surface area (Å²) in [6.45, 7) is 1.89. The molecule has 0 aliphatic rings. The summed E-state index contributed by atoms with van der Waals surface area (Å²) < 4.78 is 13.4. The molecule has 120 valence electrons. The van der Waals surface area contributed by atoms with Crippen LogP contribution in [0.5, 0.6) is 0 Å². The van der Waals surface area contributed by atoms with Crippen LogP contribution in [0, 0.1) is 12.7 Å². The van der Waals surface area contributed by atoms with Gasteiger partial charge in [0.1, 0.15) is 12.2 Å². The van der Waals surface area contributed by atoms with Gasteiger partial charge < -0.3 is 10.6 Å². The summed E-state index contributed by atoms with van der Waals surface area (Å²) >= 11 is 5.97. The van der Waals surface area contributed by atoms with Crippen LogP contribution < -0.4 is 10.6 Å². The van der Waals surface area contributed by atoms with Gasteiger partial charge in [0.25, 0.3) is 0 Å². The lowest BCUT2D eigenvalue weighted by atomic mass is 10.2. The van der Waals surface area contributed by atoms with Crippen LogP contribution in [0.3, 0.4) is 0 Å². The van der Waals surface area contributed by atoms with E-state index in [1.165, 1.54) is 6.07 Å². The molecule has 0 unspecified atom stereocenters. The number of halogens is 2. The maximum atomic E-state index is 13.4. The molecule has 4 nitrogen and oxygen atoms in total. The average molecular weight is 335 g/mol. The Kier molecular flexibility index (Phi) is 5.71. The molecule has 23 heavy (non-hydrogen) atoms. The lowest BCUT2D eigenvalue weighted by Gasteiger charge is -2.08. The first-order valence-corrected chi connectivity index (χ1v) is 7.39. The third-order valence-corrected chi connectivity index (χ3v) is 3.62. The number of benzene rings is 2. The smallest absolute Gasteiger partial charge is 0.233 e. The van der Waals surface area contributed by atoms with Crippen LogP contribution in [0.15, 0.2) is 42.5 Å². The SMILES string of the molecule is Cc1ccc(NC(=O)CC(=O)NCc2ccccc2F)cc1Cl. The van der Waals surface area contributed by atoms with E-state index < -0.39 is 17.6 Å². The van der Waals surface area contributed by atoms with Gasteiger partial charge in [0.15, 0.2) is 0 Å². The monoisotopic (exact) mass is 334 g/mol. The number of hydrogen-bond donors (Lipinski definition) is 2. The van der Waals surface area contributed by atoms with Crippen LogP contribution in [0.4, 0.5) is 10.1 Å². The molecule has 0 saturated heterocycles. The Bertz CT molecular complexity index is 734. The number of rotatable bonds is 5. The van der Waals surface area contributed by atoms with Crippen molar-refractivity contribution in [1.29, 1.82) is 0 Å². The van der Waals surface area contributed by atoms with Crippen molar-refractivity contribution in [3.05, 3.63) is 64.4 Å². The first kappa shape index (κ1) is 17.0. The molecule has 0 fully saturated rings. The van der Waals surface area contributed by atoms with E-state index in [4.69, 9.17) is 11.6 Å². The fraction of sp³-hybridized carbons (Fsp3) is 0.176. The second-order valence-electron chi connectivity index (χ2n) is 5.06. The van der Waals surface area contributed by atoms with Crippen molar-refractivity contribution in [2.75, 3.05) is 5.32 Å². The van der Waals surface area contributed by atoms with Crippen molar-refractivity contribution in [2.24, 2.45) is 0 Å². The van der Waals surface area contributed by atoms with Gasteiger partial charge in [-0.3, -0.25) is 9.59 Å². The van der Waals surface area contributed by atoms with Crippen LogP contribution in [-0.2, 0) is 16.1 Å². The minimum absolute atomic E-state index is 0.0369. The molecule has 2 amide bonds. The maximum absolute atomic E-state index is 13.4. The summed E-state index contributed by atoms with van der Waals surface area (Å²) in [5.41, 5.74) is 1.78. The van der Waals surface area contributed by atoms with Gasteiger partial charge in [0, 0.05) is 22.8 Å². The fourth-order valence-corrected chi connectivity index (χ4v) is 2.10. The Morgan fingerprint density at radius 2 is 1.87 bits per heavy atom. The molecular weight excluding hydrogens is 319 g/mol. The highest BCUT2D eigenvalue weighted by molar-refractivity contribution is 6.31. The standard InChI is InChI=1S/C17H16ClFN2O2/c1-11-6-7-13(8-14(11)18)21-17(23)9-16(22)20-10-12-4-2-3-5-15(12)19/h2-8H,9-10H2,1H3,(H,20,22)(H,21,23). The molecule has 0 aliphatic heterocycles. The molecule has 2 N–H and O–H groups in total. The highest BCUT2D eigenvalue weighted by Crippen LogP contribution is 2.20. The lowest BCUT2D eigenvalue weighted by molar-refractivity contribution is -0.126. The molecular formula is C17H16ClFN2O2. The quantitative estimate of drug-likeness (QED) is 0.823. The highest BCUT2D eigenvalue weighted by Gasteiger charge is 2.11. The Morgan fingerprint density at radius 1 is 1.13 bits per heavy atom. The fourth-order valence-electron chi connectivity index (χ4n) is 1.92. The topological polar surface area (TPSA) is 58.2 Å². The van der Waals surface area contributed by atoms with Gasteiger partial charge >= 0.3 is 0 Å². The normalized spacial score (nSPS) is 10.2. The minimum Gasteiger partial charge on any atom is -0.351 e. The van der Waals surface area contributed by atoms with Crippen LogP contribution in [0.25, 0.3) is 0 Å². The van der Waals surface area contributed by atoms with Gasteiger partial charge in [-0.2, -0.15) is 0 Å². The largest absolute Gasteiger partial charge is 0.351 e. The number of aryl methyl sites for hydroxylation is 1. The van der Waals surface area contributed by atoms with Gasteiger partial charge in [-0.15, -0.1) is 0 Å². The van der Waals surface area contributed by atoms with Crippen LogP contribution >= 0.6 is 11.6 Å². The maximum Gasteiger partial charge on any atom is 0.233 e. The molecule has 6 heteroatoms. The minimum atomic E-state index is -0.482. The molecule has 0 aromatic heterocycles. The Hall–Kier alpha value is -2.40. The predicted molar refractivity (Wildman–Crippen MR) is 87.7 cm³/mol. The molecule has 0 bridgehead atoms. The Labute approximate surface area is 138 Å². The molecule has 2 aromatic carbocycles. The second-order valence-corrected chi connectivity index (χ2v) is 5.46. The third-order valence-electron chi connectivity index (χ3n) is 3.21. The van der Waals surface area contributed by atoms with E-state index in [9.17, 15) is 14.0 Å². The van der Waals surface area contributed by atoms with Crippen LogP contribution in [-0.4, -0.2) is 11.8 Å². The number of carbonyl (C=O) groups is 2. The summed E-state index contributed by atoms with van der Waals surface area (Å²) in [7, 11) is 0. The first-order chi connectivity index (χ1) is 11.0. The van der Waals surface area contributed by atoms with Gasteiger partial charge in [-0.1, -0.05) is 35.9 Å². The first-order valence-electron chi connectivity index (χ1n) is 7.02. The zero-order chi connectivity index (χ0) is 16.8. The molecule has 0 heterocycles. The van der Waals surface area contributed by atoms with E-state index in [0.717, 1.165) is 5.56 Å². The molecule has 0 radical (unpaired) electrons. The van der Waals surface area contributed by atoms with E-state index in [1.807, 2.05) is 6.92 Å². The second kappa shape index (κ2) is 7.74. The number of anilines is 1. The Balaban J connectivity index is 1.84. The van der Waals surface area contributed by atoms with Gasteiger partial charge in [-0.05, 0) is 30.7 Å². The van der Waals surface area contributed by atoms with Crippen molar-refractivity contribution >= 4 is 29.1 Å². The molecule has 0 atom stereocenters. The van der Waals surface area contributed by atoms with Crippen molar-refractivity contribution < 1.29 is 14.0 Å². The van der Waals surface area contributed by atoms with Gasteiger partial charge in [0.05, 0.1) is 0 Å². The van der Waals surface area contributed by atoms with Crippen molar-refractivity contribution in [2.45, 2.75) is 19.9 Å². The summed E-state index contributed by atoms with van der Waals surface area (Å²) in [6.07, 6.45) is -0.347. The zero-order valence-electron chi connectivity index (χ0n) is 12.5. The number of carbonyl (C=O) groups excluding carboxylic acids is 2. The highest BCUT2D eigenvalue weighted by atomic mass is 35.5. The summed E-state index contributed by atoms with van der Waals surface area (Å²) in [5, 5.41) is 5.64. The Morgan fingerprint density at radius 3 is 2.57 bits per heavy atom. The number of amides is 2. The van der Waals surface area contributed by atoms with Crippen LogP contribution in [0.1, 0.15) is 17.5 Å². The van der Waals surface area contributed by atoms with Crippen LogP contribution in [0.2, 0.25) is 5.02 Å². The predicted octanol–water partition coefficient (Wildman–Crippen LogP) is 3.43. The van der Waals surface area contributed by atoms with E-state index in [1.54, 1.807) is 36.4 Å². The van der Waals surface area contributed by atoms with Crippen molar-refractivity contribution in [3.8, 4) is 0 Å². The van der Waals surface area contributed by atoms with Crippen molar-refractivity contribution in [1.82, 2.24) is 5.32 Å². The molecule has 2 rings (SSSR count). The number of nitrogens with one attached hydrogen (secondary N) is 2. The van der Waals surface area contributed by atoms with Gasteiger partial charge in [0.2, 0.25) is 11.8 Å². The summed E-state index contributed by atoms with van der Waals surface area (Å²) in [6, 6.07) is 11.2.